The molecular weight excluding hydrogens is 282 g/mol. The molecule has 1 aromatic carbocycles. The van der Waals surface area contributed by atoms with E-state index in [9.17, 15) is 14.4 Å². The zero-order valence-corrected chi connectivity index (χ0v) is 12.9. The summed E-state index contributed by atoms with van der Waals surface area (Å²) in [7, 11) is 1.66. The van der Waals surface area contributed by atoms with Gasteiger partial charge in [-0.1, -0.05) is 43.7 Å². The van der Waals surface area contributed by atoms with E-state index in [0.717, 1.165) is 16.9 Å². The predicted molar refractivity (Wildman–Crippen MR) is 81.9 cm³/mol. The van der Waals surface area contributed by atoms with Crippen molar-refractivity contribution in [3.05, 3.63) is 35.9 Å². The van der Waals surface area contributed by atoms with Crippen LogP contribution in [0.2, 0.25) is 0 Å². The summed E-state index contributed by atoms with van der Waals surface area (Å²) in [6, 6.07) is 8.59. The van der Waals surface area contributed by atoms with Gasteiger partial charge in [0.25, 0.3) is 5.91 Å². The number of imide groups is 1. The number of nitrogens with zero attached hydrogens (tertiary/aromatic N) is 2. The van der Waals surface area contributed by atoms with Gasteiger partial charge in [-0.05, 0) is 12.0 Å². The molecule has 1 heterocycles. The summed E-state index contributed by atoms with van der Waals surface area (Å²) >= 11 is 0. The Morgan fingerprint density at radius 3 is 2.59 bits per heavy atom. The minimum absolute atomic E-state index is 0.214. The third-order valence-electron chi connectivity index (χ3n) is 3.67. The van der Waals surface area contributed by atoms with Crippen molar-refractivity contribution in [3.63, 3.8) is 0 Å². The van der Waals surface area contributed by atoms with E-state index in [1.54, 1.807) is 7.05 Å². The van der Waals surface area contributed by atoms with Crippen LogP contribution < -0.4 is 5.32 Å². The molecule has 6 nitrogen and oxygen atoms in total. The van der Waals surface area contributed by atoms with Crippen LogP contribution >= 0.6 is 0 Å². The van der Waals surface area contributed by atoms with E-state index in [4.69, 9.17) is 0 Å². The summed E-state index contributed by atoms with van der Waals surface area (Å²) in [5.41, 5.74) is 0.999. The molecule has 1 aliphatic rings. The molecule has 6 heteroatoms. The fourth-order valence-electron chi connectivity index (χ4n) is 2.41. The van der Waals surface area contributed by atoms with Gasteiger partial charge >= 0.3 is 6.03 Å². The Morgan fingerprint density at radius 1 is 1.27 bits per heavy atom. The summed E-state index contributed by atoms with van der Waals surface area (Å²) < 4.78 is 0. The molecule has 0 unspecified atom stereocenters. The summed E-state index contributed by atoms with van der Waals surface area (Å²) in [5, 5.41) is 2.62. The number of carbonyl (C=O) groups is 3. The second kappa shape index (κ2) is 7.06. The second-order valence-electron chi connectivity index (χ2n) is 5.45. The molecule has 0 bridgehead atoms. The van der Waals surface area contributed by atoms with Crippen LogP contribution in [0.1, 0.15) is 25.3 Å². The minimum Gasteiger partial charge on any atom is -0.340 e. The molecule has 22 heavy (non-hydrogen) atoms. The first-order valence-electron chi connectivity index (χ1n) is 7.42. The first kappa shape index (κ1) is 16.0. The van der Waals surface area contributed by atoms with Crippen LogP contribution in [0.4, 0.5) is 4.79 Å². The van der Waals surface area contributed by atoms with Crippen molar-refractivity contribution >= 4 is 17.8 Å². The van der Waals surface area contributed by atoms with Gasteiger partial charge in [0.1, 0.15) is 12.6 Å². The van der Waals surface area contributed by atoms with Gasteiger partial charge in [0, 0.05) is 13.6 Å². The first-order chi connectivity index (χ1) is 10.5. The Labute approximate surface area is 130 Å². The van der Waals surface area contributed by atoms with Gasteiger partial charge in [-0.3, -0.25) is 14.5 Å². The zero-order valence-electron chi connectivity index (χ0n) is 12.9. The lowest BCUT2D eigenvalue weighted by atomic mass is 10.2. The van der Waals surface area contributed by atoms with Crippen molar-refractivity contribution in [3.8, 4) is 0 Å². The molecule has 0 aliphatic carbocycles. The molecular formula is C16H21N3O3. The highest BCUT2D eigenvalue weighted by atomic mass is 16.2. The number of hydrogen-bond acceptors (Lipinski definition) is 3. The largest absolute Gasteiger partial charge is 0.340 e. The number of urea groups is 1. The van der Waals surface area contributed by atoms with Crippen LogP contribution in [-0.2, 0) is 16.1 Å². The maximum absolute atomic E-state index is 12.2. The molecule has 4 amide bonds. The summed E-state index contributed by atoms with van der Waals surface area (Å²) in [6.07, 6.45) is 1.39. The quantitative estimate of drug-likeness (QED) is 0.807. The lowest BCUT2D eigenvalue weighted by Gasteiger charge is -2.20. The summed E-state index contributed by atoms with van der Waals surface area (Å²) in [5.74, 6) is -0.571. The second-order valence-corrected chi connectivity index (χ2v) is 5.45. The predicted octanol–water partition coefficient (Wildman–Crippen LogP) is 1.37. The SMILES string of the molecule is CCC[C@H]1NC(=O)N(CC(=O)N(C)Cc2ccccc2)C1=O. The fourth-order valence-corrected chi connectivity index (χ4v) is 2.41. The van der Waals surface area contributed by atoms with Crippen molar-refractivity contribution in [1.82, 2.24) is 15.1 Å². The molecule has 2 rings (SSSR count). The Kier molecular flexibility index (Phi) is 5.14. The Morgan fingerprint density at radius 2 is 1.95 bits per heavy atom. The maximum Gasteiger partial charge on any atom is 0.325 e. The lowest BCUT2D eigenvalue weighted by Crippen LogP contribution is -2.41. The van der Waals surface area contributed by atoms with Crippen molar-refractivity contribution < 1.29 is 14.4 Å². The molecule has 1 fully saturated rings. The van der Waals surface area contributed by atoms with Crippen LogP contribution in [-0.4, -0.2) is 47.3 Å². The first-order valence-corrected chi connectivity index (χ1v) is 7.42. The Bertz CT molecular complexity index is 559. The lowest BCUT2D eigenvalue weighted by molar-refractivity contribution is -0.136. The van der Waals surface area contributed by atoms with E-state index < -0.39 is 12.1 Å². The van der Waals surface area contributed by atoms with Gasteiger partial charge < -0.3 is 10.2 Å². The van der Waals surface area contributed by atoms with Gasteiger partial charge in [-0.15, -0.1) is 0 Å². The number of benzene rings is 1. The van der Waals surface area contributed by atoms with Gasteiger partial charge in [0.15, 0.2) is 0 Å². The smallest absolute Gasteiger partial charge is 0.325 e. The van der Waals surface area contributed by atoms with Crippen LogP contribution in [0.5, 0.6) is 0 Å². The molecule has 0 aromatic heterocycles. The number of amides is 4. The van der Waals surface area contributed by atoms with E-state index in [1.807, 2.05) is 37.3 Å². The number of nitrogens with one attached hydrogen (secondary N) is 1. The van der Waals surface area contributed by atoms with Gasteiger partial charge in [0.05, 0.1) is 0 Å². The third-order valence-corrected chi connectivity index (χ3v) is 3.67. The topological polar surface area (TPSA) is 69.7 Å². The zero-order chi connectivity index (χ0) is 16.1. The standard InChI is InChI=1S/C16H21N3O3/c1-3-7-13-15(21)19(16(22)17-13)11-14(20)18(2)10-12-8-5-4-6-9-12/h4-6,8-9,13H,3,7,10-11H2,1-2H3,(H,17,22)/t13-/m1/s1. The van der Waals surface area contributed by atoms with Crippen molar-refractivity contribution in [2.75, 3.05) is 13.6 Å². The van der Waals surface area contributed by atoms with Crippen LogP contribution in [0.3, 0.4) is 0 Å². The molecule has 1 saturated heterocycles. The molecule has 0 spiro atoms. The monoisotopic (exact) mass is 303 g/mol. The molecule has 1 N–H and O–H groups in total. The minimum atomic E-state index is -0.496. The Hall–Kier alpha value is -2.37. The summed E-state index contributed by atoms with van der Waals surface area (Å²) in [6.45, 7) is 2.18. The van der Waals surface area contributed by atoms with E-state index in [0.29, 0.717) is 13.0 Å². The van der Waals surface area contributed by atoms with Crippen molar-refractivity contribution in [2.45, 2.75) is 32.4 Å². The normalized spacial score (nSPS) is 17.5. The highest BCUT2D eigenvalue weighted by Gasteiger charge is 2.38. The highest BCUT2D eigenvalue weighted by Crippen LogP contribution is 2.12. The maximum atomic E-state index is 12.2. The van der Waals surface area contributed by atoms with Crippen LogP contribution in [0.15, 0.2) is 30.3 Å². The van der Waals surface area contributed by atoms with E-state index in [-0.39, 0.29) is 18.4 Å². The molecule has 0 saturated carbocycles. The van der Waals surface area contributed by atoms with Crippen LogP contribution in [0, 0.1) is 0 Å². The number of likely N-dealkylation sites (N-methyl/N-ethyl adjacent to an activating group) is 1. The van der Waals surface area contributed by atoms with Gasteiger partial charge in [-0.2, -0.15) is 0 Å². The summed E-state index contributed by atoms with van der Waals surface area (Å²) in [4.78, 5) is 38.6. The van der Waals surface area contributed by atoms with Crippen molar-refractivity contribution in [1.29, 1.82) is 0 Å². The van der Waals surface area contributed by atoms with Crippen LogP contribution in [0.25, 0.3) is 0 Å². The average molecular weight is 303 g/mol. The number of hydrogen-bond donors (Lipinski definition) is 1. The average Bonchev–Trinajstić information content (AvgIpc) is 2.76. The highest BCUT2D eigenvalue weighted by molar-refractivity contribution is 6.06. The molecule has 1 aliphatic heterocycles. The number of rotatable bonds is 6. The van der Waals surface area contributed by atoms with Gasteiger partial charge in [-0.25, -0.2) is 4.79 Å². The third kappa shape index (κ3) is 3.63. The van der Waals surface area contributed by atoms with Crippen molar-refractivity contribution in [2.24, 2.45) is 0 Å². The molecule has 1 atom stereocenters. The van der Waals surface area contributed by atoms with E-state index in [1.165, 1.54) is 4.90 Å². The molecule has 0 radical (unpaired) electrons. The molecule has 118 valence electrons. The van der Waals surface area contributed by atoms with E-state index >= 15 is 0 Å². The van der Waals surface area contributed by atoms with E-state index in [2.05, 4.69) is 5.32 Å². The Balaban J connectivity index is 1.93. The number of carbonyl (C=O) groups excluding carboxylic acids is 3. The van der Waals surface area contributed by atoms with Gasteiger partial charge in [0.2, 0.25) is 5.91 Å². The molecule has 1 aromatic rings. The fraction of sp³-hybridized carbons (Fsp3) is 0.438.